The summed E-state index contributed by atoms with van der Waals surface area (Å²) in [7, 11) is 0. The molecule has 2 aromatic heterocycles. The molecule has 1 amide bonds. The molecule has 2 heterocycles. The summed E-state index contributed by atoms with van der Waals surface area (Å²) in [4.78, 5) is 27.2. The van der Waals surface area contributed by atoms with Crippen molar-refractivity contribution in [3.63, 3.8) is 0 Å². The summed E-state index contributed by atoms with van der Waals surface area (Å²) in [6.07, 6.45) is 1.96. The van der Waals surface area contributed by atoms with E-state index in [1.165, 1.54) is 0 Å². The second kappa shape index (κ2) is 10.8. The molecule has 5 aromatic rings. The summed E-state index contributed by atoms with van der Waals surface area (Å²) in [6, 6.07) is 19.5. The molecule has 0 saturated heterocycles. The van der Waals surface area contributed by atoms with E-state index in [0.29, 0.717) is 69.2 Å². The number of hydrogen-bond acceptors (Lipinski definition) is 6. The fourth-order valence-electron chi connectivity index (χ4n) is 4.41. The van der Waals surface area contributed by atoms with E-state index in [0.717, 1.165) is 12.8 Å². The van der Waals surface area contributed by atoms with Crippen molar-refractivity contribution >= 4 is 39.3 Å². The van der Waals surface area contributed by atoms with Crippen molar-refractivity contribution in [2.45, 2.75) is 33.6 Å². The highest BCUT2D eigenvalue weighted by molar-refractivity contribution is 6.21. The average Bonchev–Trinajstić information content (AvgIpc) is 3.45. The van der Waals surface area contributed by atoms with Crippen molar-refractivity contribution in [2.24, 2.45) is 0 Å². The molecule has 0 radical (unpaired) electrons. The number of rotatable bonds is 10. The molecular weight excluding hydrogens is 482 g/mol. The number of carbonyl (C=O) groups excluding carboxylic acids is 2. The standard InChI is InChI=1S/C31H29NO6/c1-4-6-17-36-22-15-16-26-24(18-22)27(19(3)37-26)31(34)32-28-23-9-7-8-10-25(23)38-30(28)29(33)20-11-13-21(14-12-20)35-5-2/h7-16,18H,4-6,17H2,1-3H3,(H,32,34). The van der Waals surface area contributed by atoms with Crippen LogP contribution in [0.4, 0.5) is 5.69 Å². The first kappa shape index (κ1) is 25.1. The average molecular weight is 512 g/mol. The molecule has 7 nitrogen and oxygen atoms in total. The van der Waals surface area contributed by atoms with Crippen LogP contribution in [0.1, 0.15) is 58.9 Å². The molecule has 1 N–H and O–H groups in total. The zero-order valence-electron chi connectivity index (χ0n) is 21.6. The molecule has 194 valence electrons. The summed E-state index contributed by atoms with van der Waals surface area (Å²) >= 11 is 0. The van der Waals surface area contributed by atoms with Crippen LogP contribution in [0.5, 0.6) is 11.5 Å². The minimum absolute atomic E-state index is 0.0535. The van der Waals surface area contributed by atoms with Gasteiger partial charge in [-0.1, -0.05) is 25.5 Å². The molecule has 0 aliphatic heterocycles. The van der Waals surface area contributed by atoms with Gasteiger partial charge in [-0.25, -0.2) is 0 Å². The van der Waals surface area contributed by atoms with Crippen LogP contribution in [-0.4, -0.2) is 24.9 Å². The number of ether oxygens (including phenoxy) is 2. The zero-order valence-corrected chi connectivity index (χ0v) is 21.6. The van der Waals surface area contributed by atoms with Crippen molar-refractivity contribution in [2.75, 3.05) is 18.5 Å². The van der Waals surface area contributed by atoms with Gasteiger partial charge in [0.15, 0.2) is 5.76 Å². The highest BCUT2D eigenvalue weighted by Crippen LogP contribution is 2.35. The first-order valence-electron chi connectivity index (χ1n) is 12.8. The van der Waals surface area contributed by atoms with Gasteiger partial charge in [0.2, 0.25) is 5.78 Å². The maximum Gasteiger partial charge on any atom is 0.259 e. The highest BCUT2D eigenvalue weighted by atomic mass is 16.5. The molecule has 0 aliphatic carbocycles. The lowest BCUT2D eigenvalue weighted by Gasteiger charge is -2.08. The summed E-state index contributed by atoms with van der Waals surface area (Å²) in [5, 5.41) is 4.21. The van der Waals surface area contributed by atoms with Crippen LogP contribution < -0.4 is 14.8 Å². The molecule has 3 aromatic carbocycles. The fourth-order valence-corrected chi connectivity index (χ4v) is 4.41. The zero-order chi connectivity index (χ0) is 26.6. The topological polar surface area (TPSA) is 90.9 Å². The van der Waals surface area contributed by atoms with Gasteiger partial charge in [-0.05, 0) is 74.9 Å². The van der Waals surface area contributed by atoms with Gasteiger partial charge in [0.25, 0.3) is 5.91 Å². The molecule has 0 bridgehead atoms. The Kier molecular flexibility index (Phi) is 7.18. The first-order valence-corrected chi connectivity index (χ1v) is 12.8. The Hall–Kier alpha value is -4.52. The van der Waals surface area contributed by atoms with E-state index in [4.69, 9.17) is 18.3 Å². The molecule has 0 atom stereocenters. The summed E-state index contributed by atoms with van der Waals surface area (Å²) in [5.74, 6) is 1.11. The molecule has 0 fully saturated rings. The van der Waals surface area contributed by atoms with Gasteiger partial charge in [0.05, 0.1) is 24.5 Å². The number of nitrogens with one attached hydrogen (secondary N) is 1. The molecular formula is C31H29NO6. The number of para-hydroxylation sites is 1. The molecule has 7 heteroatoms. The molecule has 0 spiro atoms. The van der Waals surface area contributed by atoms with Crippen LogP contribution in [0, 0.1) is 6.92 Å². The summed E-state index contributed by atoms with van der Waals surface area (Å²) in [6.45, 7) is 6.86. The van der Waals surface area contributed by atoms with E-state index in [2.05, 4.69) is 12.2 Å². The number of ketones is 1. The monoisotopic (exact) mass is 511 g/mol. The normalized spacial score (nSPS) is 11.1. The van der Waals surface area contributed by atoms with Crippen molar-refractivity contribution in [1.82, 2.24) is 0 Å². The predicted molar refractivity (Wildman–Crippen MR) is 147 cm³/mol. The first-order chi connectivity index (χ1) is 18.5. The molecule has 0 unspecified atom stereocenters. The van der Waals surface area contributed by atoms with Crippen molar-refractivity contribution in [1.29, 1.82) is 0 Å². The third-order valence-corrected chi connectivity index (χ3v) is 6.30. The molecule has 0 aliphatic rings. The Bertz CT molecular complexity index is 1610. The quantitative estimate of drug-likeness (QED) is 0.154. The van der Waals surface area contributed by atoms with Crippen LogP contribution in [0.25, 0.3) is 21.9 Å². The van der Waals surface area contributed by atoms with E-state index in [1.807, 2.05) is 37.3 Å². The number of unbranched alkanes of at least 4 members (excludes halogenated alkanes) is 1. The Morgan fingerprint density at radius 1 is 0.842 bits per heavy atom. The number of hydrogen-bond donors (Lipinski definition) is 1. The van der Waals surface area contributed by atoms with Gasteiger partial charge < -0.3 is 23.6 Å². The Labute approximate surface area is 220 Å². The van der Waals surface area contributed by atoms with Crippen LogP contribution in [0.15, 0.2) is 75.6 Å². The van der Waals surface area contributed by atoms with Gasteiger partial charge in [-0.2, -0.15) is 0 Å². The largest absolute Gasteiger partial charge is 0.494 e. The fraction of sp³-hybridized carbons (Fsp3) is 0.226. The van der Waals surface area contributed by atoms with Gasteiger partial charge >= 0.3 is 0 Å². The number of anilines is 1. The van der Waals surface area contributed by atoms with E-state index in [-0.39, 0.29) is 11.5 Å². The maximum atomic E-state index is 13.7. The highest BCUT2D eigenvalue weighted by Gasteiger charge is 2.26. The van der Waals surface area contributed by atoms with Crippen LogP contribution >= 0.6 is 0 Å². The lowest BCUT2D eigenvalue weighted by molar-refractivity contribution is 0.101. The van der Waals surface area contributed by atoms with Gasteiger partial charge in [0, 0.05) is 16.3 Å². The summed E-state index contributed by atoms with van der Waals surface area (Å²) in [5.41, 5.74) is 2.19. The van der Waals surface area contributed by atoms with Crippen molar-refractivity contribution in [3.8, 4) is 11.5 Å². The minimum atomic E-state index is -0.403. The smallest absolute Gasteiger partial charge is 0.259 e. The number of amides is 1. The van der Waals surface area contributed by atoms with E-state index in [1.54, 1.807) is 43.3 Å². The predicted octanol–water partition coefficient (Wildman–Crippen LogP) is 7.55. The van der Waals surface area contributed by atoms with Gasteiger partial charge in [-0.15, -0.1) is 0 Å². The lowest BCUT2D eigenvalue weighted by Crippen LogP contribution is -2.15. The second-order valence-corrected chi connectivity index (χ2v) is 8.94. The van der Waals surface area contributed by atoms with E-state index < -0.39 is 5.91 Å². The second-order valence-electron chi connectivity index (χ2n) is 8.94. The number of benzene rings is 3. The van der Waals surface area contributed by atoms with E-state index in [9.17, 15) is 9.59 Å². The third-order valence-electron chi connectivity index (χ3n) is 6.30. The number of furan rings is 2. The molecule has 5 rings (SSSR count). The number of fused-ring (bicyclic) bond motifs is 2. The van der Waals surface area contributed by atoms with Gasteiger partial charge in [0.1, 0.15) is 28.4 Å². The van der Waals surface area contributed by atoms with Crippen molar-refractivity contribution in [3.05, 3.63) is 89.4 Å². The van der Waals surface area contributed by atoms with E-state index >= 15 is 0 Å². The van der Waals surface area contributed by atoms with Crippen LogP contribution in [0.2, 0.25) is 0 Å². The van der Waals surface area contributed by atoms with Crippen LogP contribution in [0.3, 0.4) is 0 Å². The number of carbonyl (C=O) groups is 2. The maximum absolute atomic E-state index is 13.7. The minimum Gasteiger partial charge on any atom is -0.494 e. The van der Waals surface area contributed by atoms with Gasteiger partial charge in [-0.3, -0.25) is 9.59 Å². The Morgan fingerprint density at radius 3 is 2.34 bits per heavy atom. The summed E-state index contributed by atoms with van der Waals surface area (Å²) < 4.78 is 23.2. The Morgan fingerprint density at radius 2 is 1.58 bits per heavy atom. The Balaban J connectivity index is 1.51. The SMILES string of the molecule is CCCCOc1ccc2oc(C)c(C(=O)Nc3c(C(=O)c4ccc(OCC)cc4)oc4ccccc34)c2c1. The van der Waals surface area contributed by atoms with Crippen molar-refractivity contribution < 1.29 is 27.9 Å². The van der Waals surface area contributed by atoms with Crippen LogP contribution in [-0.2, 0) is 0 Å². The third kappa shape index (κ3) is 4.87. The number of aryl methyl sites for hydroxylation is 1. The molecule has 0 saturated carbocycles. The molecule has 38 heavy (non-hydrogen) atoms. The lowest BCUT2D eigenvalue weighted by atomic mass is 10.1.